The summed E-state index contributed by atoms with van der Waals surface area (Å²) in [6, 6.07) is 0.406. The average molecular weight is 284 g/mol. The Morgan fingerprint density at radius 1 is 1.28 bits per heavy atom. The number of ether oxygens (including phenoxy) is 1. The molecule has 2 aromatic heterocycles. The van der Waals surface area contributed by atoms with Crippen LogP contribution in [0.15, 0.2) is 11.7 Å². The van der Waals surface area contributed by atoms with Crippen molar-refractivity contribution in [3.8, 4) is 6.01 Å². The molecule has 0 saturated carbocycles. The Morgan fingerprint density at radius 3 is 2.72 bits per heavy atom. The van der Waals surface area contributed by atoms with Gasteiger partial charge in [0.05, 0.1) is 23.7 Å². The summed E-state index contributed by atoms with van der Waals surface area (Å²) in [5, 5.41) is 0. The molecule has 0 aromatic carbocycles. The highest BCUT2D eigenvalue weighted by Gasteiger charge is 2.05. The minimum absolute atomic E-state index is 0.406. The van der Waals surface area contributed by atoms with Crippen LogP contribution in [-0.2, 0) is 12.3 Å². The topological polar surface area (TPSA) is 47.9 Å². The Balaban J connectivity index is 1.91. The lowest BCUT2D eigenvalue weighted by atomic mass is 10.3. The maximum Gasteiger partial charge on any atom is 0.316 e. The fourth-order valence-corrected chi connectivity index (χ4v) is 2.50. The molecule has 0 N–H and O–H groups in total. The summed E-state index contributed by atoms with van der Waals surface area (Å²) >= 11 is 7.39. The van der Waals surface area contributed by atoms with E-state index in [-0.39, 0.29) is 0 Å². The Hall–Kier alpha value is -1.20. The predicted molar refractivity (Wildman–Crippen MR) is 72.4 cm³/mol. The summed E-state index contributed by atoms with van der Waals surface area (Å²) in [4.78, 5) is 13.8. The predicted octanol–water partition coefficient (Wildman–Crippen LogP) is 2.91. The summed E-state index contributed by atoms with van der Waals surface area (Å²) in [5.41, 5.74) is 4.71. The number of rotatable bonds is 5. The van der Waals surface area contributed by atoms with Crippen LogP contribution in [0.25, 0.3) is 0 Å². The monoisotopic (exact) mass is 283 g/mol. The molecule has 96 valence electrons. The Morgan fingerprint density at radius 2 is 2.11 bits per heavy atom. The SMILES string of the molecule is Cc1nc(OCCc2scnc2C)ncc1CCl. The molecular weight excluding hydrogens is 270 g/mol. The molecule has 0 spiro atoms. The van der Waals surface area contributed by atoms with Crippen molar-refractivity contribution in [2.24, 2.45) is 0 Å². The average Bonchev–Trinajstić information content (AvgIpc) is 2.75. The van der Waals surface area contributed by atoms with Crippen molar-refractivity contribution in [1.29, 1.82) is 0 Å². The summed E-state index contributed by atoms with van der Waals surface area (Å²) in [5.74, 6) is 0.423. The molecule has 0 unspecified atom stereocenters. The minimum Gasteiger partial charge on any atom is -0.463 e. The Labute approximate surface area is 115 Å². The van der Waals surface area contributed by atoms with E-state index in [1.807, 2.05) is 19.4 Å². The summed E-state index contributed by atoms with van der Waals surface area (Å²) < 4.78 is 5.53. The van der Waals surface area contributed by atoms with Crippen molar-refractivity contribution in [3.63, 3.8) is 0 Å². The van der Waals surface area contributed by atoms with Crippen molar-refractivity contribution >= 4 is 22.9 Å². The Kier molecular flexibility index (Phi) is 4.49. The molecule has 0 aliphatic carbocycles. The number of thiazole rings is 1. The van der Waals surface area contributed by atoms with Crippen LogP contribution in [0.1, 0.15) is 21.8 Å². The van der Waals surface area contributed by atoms with Crippen LogP contribution in [0, 0.1) is 13.8 Å². The van der Waals surface area contributed by atoms with Crippen molar-refractivity contribution in [3.05, 3.63) is 33.5 Å². The zero-order chi connectivity index (χ0) is 13.0. The smallest absolute Gasteiger partial charge is 0.316 e. The Bertz CT molecular complexity index is 530. The molecule has 0 saturated heterocycles. The van der Waals surface area contributed by atoms with E-state index < -0.39 is 0 Å². The van der Waals surface area contributed by atoms with Gasteiger partial charge in [0, 0.05) is 28.8 Å². The lowest BCUT2D eigenvalue weighted by Crippen LogP contribution is -2.05. The zero-order valence-electron chi connectivity index (χ0n) is 10.3. The molecule has 2 heterocycles. The number of aryl methyl sites for hydroxylation is 2. The van der Waals surface area contributed by atoms with Gasteiger partial charge in [-0.15, -0.1) is 22.9 Å². The third-order valence-electron chi connectivity index (χ3n) is 2.61. The van der Waals surface area contributed by atoms with E-state index >= 15 is 0 Å². The first-order chi connectivity index (χ1) is 8.70. The molecular formula is C12H14ClN3OS. The first kappa shape index (κ1) is 13.2. The second-order valence-electron chi connectivity index (χ2n) is 3.86. The first-order valence-electron chi connectivity index (χ1n) is 5.61. The second-order valence-corrected chi connectivity index (χ2v) is 5.06. The molecule has 0 fully saturated rings. The van der Waals surface area contributed by atoms with Gasteiger partial charge in [-0.1, -0.05) is 0 Å². The highest BCUT2D eigenvalue weighted by molar-refractivity contribution is 7.09. The fourth-order valence-electron chi connectivity index (χ4n) is 1.47. The van der Waals surface area contributed by atoms with E-state index in [2.05, 4.69) is 15.0 Å². The van der Waals surface area contributed by atoms with E-state index in [1.54, 1.807) is 17.5 Å². The van der Waals surface area contributed by atoms with E-state index in [4.69, 9.17) is 16.3 Å². The molecule has 0 atom stereocenters. The maximum atomic E-state index is 5.75. The van der Waals surface area contributed by atoms with Crippen molar-refractivity contribution in [2.45, 2.75) is 26.1 Å². The zero-order valence-corrected chi connectivity index (χ0v) is 11.9. The lowest BCUT2D eigenvalue weighted by molar-refractivity contribution is 0.296. The quantitative estimate of drug-likeness (QED) is 0.792. The fraction of sp³-hybridized carbons (Fsp3) is 0.417. The third-order valence-corrected chi connectivity index (χ3v) is 3.89. The van der Waals surface area contributed by atoms with Gasteiger partial charge in [0.2, 0.25) is 0 Å². The van der Waals surface area contributed by atoms with Gasteiger partial charge < -0.3 is 4.74 Å². The van der Waals surface area contributed by atoms with Gasteiger partial charge in [0.15, 0.2) is 0 Å². The van der Waals surface area contributed by atoms with Crippen molar-refractivity contribution in [1.82, 2.24) is 15.0 Å². The molecule has 2 rings (SSSR count). The molecule has 0 bridgehead atoms. The number of hydrogen-bond donors (Lipinski definition) is 0. The van der Waals surface area contributed by atoms with Crippen LogP contribution in [0.3, 0.4) is 0 Å². The number of alkyl halides is 1. The van der Waals surface area contributed by atoms with Crippen LogP contribution >= 0.6 is 22.9 Å². The molecule has 4 nitrogen and oxygen atoms in total. The van der Waals surface area contributed by atoms with E-state index in [9.17, 15) is 0 Å². The lowest BCUT2D eigenvalue weighted by Gasteiger charge is -2.06. The normalized spacial score (nSPS) is 10.6. The third kappa shape index (κ3) is 3.17. The number of halogens is 1. The van der Waals surface area contributed by atoms with Crippen molar-refractivity contribution < 1.29 is 4.74 Å². The molecule has 0 radical (unpaired) electrons. The van der Waals surface area contributed by atoms with Crippen LogP contribution in [0.2, 0.25) is 0 Å². The van der Waals surface area contributed by atoms with Crippen molar-refractivity contribution in [2.75, 3.05) is 6.61 Å². The van der Waals surface area contributed by atoms with E-state index in [0.29, 0.717) is 18.5 Å². The minimum atomic E-state index is 0.406. The van der Waals surface area contributed by atoms with Gasteiger partial charge in [-0.05, 0) is 13.8 Å². The van der Waals surface area contributed by atoms with Gasteiger partial charge in [0.1, 0.15) is 0 Å². The van der Waals surface area contributed by atoms with Gasteiger partial charge in [-0.25, -0.2) is 15.0 Å². The van der Waals surface area contributed by atoms with Gasteiger partial charge in [-0.2, -0.15) is 0 Å². The van der Waals surface area contributed by atoms with Crippen LogP contribution in [-0.4, -0.2) is 21.6 Å². The van der Waals surface area contributed by atoms with E-state index in [0.717, 1.165) is 23.4 Å². The number of nitrogens with zero attached hydrogens (tertiary/aromatic N) is 3. The molecule has 0 aliphatic rings. The summed E-state index contributed by atoms with van der Waals surface area (Å²) in [7, 11) is 0. The molecule has 6 heteroatoms. The number of aromatic nitrogens is 3. The van der Waals surface area contributed by atoms with E-state index in [1.165, 1.54) is 4.88 Å². The number of hydrogen-bond acceptors (Lipinski definition) is 5. The van der Waals surface area contributed by atoms with Crippen LogP contribution in [0.4, 0.5) is 0 Å². The van der Waals surface area contributed by atoms with Gasteiger partial charge in [-0.3, -0.25) is 0 Å². The molecule has 0 amide bonds. The van der Waals surface area contributed by atoms with Crippen LogP contribution < -0.4 is 4.74 Å². The molecule has 0 aliphatic heterocycles. The maximum absolute atomic E-state index is 5.75. The molecule has 2 aromatic rings. The highest BCUT2D eigenvalue weighted by Crippen LogP contribution is 2.14. The summed E-state index contributed by atoms with van der Waals surface area (Å²) in [6.45, 7) is 4.46. The standard InChI is InChI=1S/C12H14ClN3OS/c1-8-10(5-13)6-14-12(16-8)17-4-3-11-9(2)15-7-18-11/h6-7H,3-5H2,1-2H3. The second kappa shape index (κ2) is 6.11. The largest absolute Gasteiger partial charge is 0.463 e. The van der Waals surface area contributed by atoms with Crippen LogP contribution in [0.5, 0.6) is 6.01 Å². The first-order valence-corrected chi connectivity index (χ1v) is 7.02. The van der Waals surface area contributed by atoms with Gasteiger partial charge in [0.25, 0.3) is 0 Å². The summed E-state index contributed by atoms with van der Waals surface area (Å²) in [6.07, 6.45) is 2.54. The van der Waals surface area contributed by atoms with Gasteiger partial charge >= 0.3 is 6.01 Å². The molecule has 18 heavy (non-hydrogen) atoms. The highest BCUT2D eigenvalue weighted by atomic mass is 35.5.